The average Bonchev–Trinajstić information content (AvgIpc) is 2.02. The minimum absolute atomic E-state index is 0.280. The number of halogens is 4. The van der Waals surface area contributed by atoms with Crippen LogP contribution >= 0.6 is 23.2 Å². The van der Waals surface area contributed by atoms with Crippen LogP contribution in [0.4, 0.5) is 14.6 Å². The van der Waals surface area contributed by atoms with E-state index < -0.39 is 23.0 Å². The third-order valence-electron chi connectivity index (χ3n) is 1.48. The highest BCUT2D eigenvalue weighted by atomic mass is 35.5. The van der Waals surface area contributed by atoms with Crippen LogP contribution in [-0.2, 0) is 0 Å². The van der Waals surface area contributed by atoms with Gasteiger partial charge in [-0.3, -0.25) is 4.79 Å². The molecule has 0 aliphatic rings. The molecule has 0 aliphatic heterocycles. The molecule has 1 aromatic heterocycles. The molecule has 1 rings (SSSR count). The van der Waals surface area contributed by atoms with Gasteiger partial charge in [0.1, 0.15) is 11.0 Å². The van der Waals surface area contributed by atoms with E-state index in [0.29, 0.717) is 0 Å². The number of hydrogen-bond acceptors (Lipinski definition) is 3. The highest BCUT2D eigenvalue weighted by Crippen LogP contribution is 2.28. The van der Waals surface area contributed by atoms with Crippen LogP contribution in [0.15, 0.2) is 6.07 Å². The third-order valence-corrected chi connectivity index (χ3v) is 1.98. The molecule has 0 fully saturated rings. The molecular formula is C7H4Cl2F2N2O. The van der Waals surface area contributed by atoms with Crippen molar-refractivity contribution < 1.29 is 13.6 Å². The Balaban J connectivity index is 3.34. The van der Waals surface area contributed by atoms with Gasteiger partial charge < -0.3 is 5.73 Å². The fourth-order valence-electron chi connectivity index (χ4n) is 0.832. The first kappa shape index (κ1) is 11.1. The van der Waals surface area contributed by atoms with Crippen LogP contribution in [0.25, 0.3) is 0 Å². The Bertz CT molecular complexity index is 384. The van der Waals surface area contributed by atoms with Gasteiger partial charge in [0.05, 0.1) is 11.1 Å². The zero-order valence-electron chi connectivity index (χ0n) is 6.60. The number of carbonyl (C=O) groups excluding carboxylic acids is 1. The average molecular weight is 241 g/mol. The van der Waals surface area contributed by atoms with Crippen molar-refractivity contribution in [3.8, 4) is 0 Å². The number of carbonyl (C=O) groups is 1. The topological polar surface area (TPSA) is 56.0 Å². The summed E-state index contributed by atoms with van der Waals surface area (Å²) in [6, 6.07) is 0.838. The number of rotatable bonds is 2. The molecule has 0 spiro atoms. The van der Waals surface area contributed by atoms with Crippen molar-refractivity contribution in [1.29, 1.82) is 0 Å². The summed E-state index contributed by atoms with van der Waals surface area (Å²) in [6.45, 7) is 0. The van der Waals surface area contributed by atoms with Gasteiger partial charge in [0.25, 0.3) is 11.7 Å². The molecule has 0 amide bonds. The predicted molar refractivity (Wildman–Crippen MR) is 48.8 cm³/mol. The molecule has 0 atom stereocenters. The summed E-state index contributed by atoms with van der Waals surface area (Å²) in [4.78, 5) is 14.1. The minimum Gasteiger partial charge on any atom is -0.383 e. The van der Waals surface area contributed by atoms with Crippen LogP contribution in [-0.4, -0.2) is 10.2 Å². The van der Waals surface area contributed by atoms with Crippen molar-refractivity contribution in [3.63, 3.8) is 0 Å². The smallest absolute Gasteiger partial charge is 0.267 e. The molecule has 7 heteroatoms. The molecule has 2 N–H and O–H groups in total. The number of nitrogens with zero attached hydrogens (tertiary/aromatic N) is 1. The first-order chi connectivity index (χ1) is 6.43. The van der Waals surface area contributed by atoms with Gasteiger partial charge in [-0.25, -0.2) is 13.8 Å². The summed E-state index contributed by atoms with van der Waals surface area (Å²) < 4.78 is 24.6. The molecule has 0 radical (unpaired) electrons. The molecule has 0 unspecified atom stereocenters. The molecule has 14 heavy (non-hydrogen) atoms. The second kappa shape index (κ2) is 4.06. The maximum atomic E-state index is 12.3. The van der Waals surface area contributed by atoms with E-state index in [2.05, 4.69) is 4.98 Å². The summed E-state index contributed by atoms with van der Waals surface area (Å²) >= 11 is 10.5. The van der Waals surface area contributed by atoms with Gasteiger partial charge in [0.2, 0.25) is 0 Å². The van der Waals surface area contributed by atoms with Gasteiger partial charge in [-0.2, -0.15) is 0 Å². The molecule has 0 aliphatic carbocycles. The van der Waals surface area contributed by atoms with Crippen LogP contribution < -0.4 is 5.73 Å². The summed E-state index contributed by atoms with van der Waals surface area (Å²) in [7, 11) is 0. The van der Waals surface area contributed by atoms with Crippen molar-refractivity contribution in [1.82, 2.24) is 4.98 Å². The minimum atomic E-state index is -2.82. The standard InChI is InChI=1S/C7H4Cl2F2N2O/c8-4-2(5(9)14)1-3(6(10)11)7(12)13-4/h1,6H,(H2,12,13). The lowest BCUT2D eigenvalue weighted by atomic mass is 10.2. The molecule has 3 nitrogen and oxygen atoms in total. The van der Waals surface area contributed by atoms with Crippen molar-refractivity contribution in [2.75, 3.05) is 5.73 Å². The number of alkyl halides is 2. The van der Waals surface area contributed by atoms with E-state index >= 15 is 0 Å². The first-order valence-corrected chi connectivity index (χ1v) is 4.13. The molecule has 0 saturated carbocycles. The van der Waals surface area contributed by atoms with Gasteiger partial charge in [0.15, 0.2) is 0 Å². The zero-order chi connectivity index (χ0) is 10.9. The van der Waals surface area contributed by atoms with Crippen molar-refractivity contribution in [3.05, 3.63) is 22.3 Å². The highest BCUT2D eigenvalue weighted by molar-refractivity contribution is 6.68. The fourth-order valence-corrected chi connectivity index (χ4v) is 1.26. The summed E-state index contributed by atoms with van der Waals surface area (Å²) in [5.74, 6) is -0.410. The summed E-state index contributed by atoms with van der Waals surface area (Å²) in [5, 5.41) is -1.24. The number of hydrogen-bond donors (Lipinski definition) is 1. The molecule has 1 aromatic rings. The Labute approximate surface area is 87.8 Å². The highest BCUT2D eigenvalue weighted by Gasteiger charge is 2.18. The molecular weight excluding hydrogens is 237 g/mol. The van der Waals surface area contributed by atoms with E-state index in [-0.39, 0.29) is 10.7 Å². The lowest BCUT2D eigenvalue weighted by molar-refractivity contribution is 0.108. The summed E-state index contributed by atoms with van der Waals surface area (Å²) in [5.41, 5.74) is 4.32. The number of nitrogen functional groups attached to an aromatic ring is 1. The van der Waals surface area contributed by atoms with E-state index in [9.17, 15) is 13.6 Å². The lowest BCUT2D eigenvalue weighted by Crippen LogP contribution is -2.03. The van der Waals surface area contributed by atoms with Gasteiger partial charge in [-0.05, 0) is 17.7 Å². The normalized spacial score (nSPS) is 10.6. The van der Waals surface area contributed by atoms with E-state index in [4.69, 9.17) is 28.9 Å². The number of aromatic nitrogens is 1. The Morgan fingerprint density at radius 3 is 2.57 bits per heavy atom. The Kier molecular flexibility index (Phi) is 3.23. The van der Waals surface area contributed by atoms with Crippen LogP contribution in [0, 0.1) is 0 Å². The molecule has 1 heterocycles. The second-order valence-electron chi connectivity index (χ2n) is 2.38. The van der Waals surface area contributed by atoms with Gasteiger partial charge in [-0.15, -0.1) is 0 Å². The van der Waals surface area contributed by atoms with Crippen LogP contribution in [0.2, 0.25) is 5.15 Å². The Hall–Kier alpha value is -0.940. The monoisotopic (exact) mass is 240 g/mol. The zero-order valence-corrected chi connectivity index (χ0v) is 8.11. The van der Waals surface area contributed by atoms with E-state index in [1.54, 1.807) is 0 Å². The van der Waals surface area contributed by atoms with Gasteiger partial charge in [0, 0.05) is 0 Å². The van der Waals surface area contributed by atoms with E-state index in [1.165, 1.54) is 0 Å². The SMILES string of the molecule is Nc1nc(Cl)c(C(=O)Cl)cc1C(F)F. The molecule has 76 valence electrons. The quantitative estimate of drug-likeness (QED) is 0.639. The molecule has 0 bridgehead atoms. The molecule has 0 saturated heterocycles. The Morgan fingerprint density at radius 2 is 2.14 bits per heavy atom. The van der Waals surface area contributed by atoms with Crippen molar-refractivity contribution in [2.45, 2.75) is 6.43 Å². The van der Waals surface area contributed by atoms with Crippen molar-refractivity contribution >= 4 is 34.3 Å². The predicted octanol–water partition coefficient (Wildman–Crippen LogP) is 2.63. The van der Waals surface area contributed by atoms with Gasteiger partial charge in [-0.1, -0.05) is 11.6 Å². The largest absolute Gasteiger partial charge is 0.383 e. The van der Waals surface area contributed by atoms with Gasteiger partial charge >= 0.3 is 0 Å². The number of anilines is 1. The van der Waals surface area contributed by atoms with E-state index in [0.717, 1.165) is 6.07 Å². The van der Waals surface area contributed by atoms with Crippen LogP contribution in [0.1, 0.15) is 22.3 Å². The lowest BCUT2D eigenvalue weighted by Gasteiger charge is -2.06. The third kappa shape index (κ3) is 2.10. The number of nitrogens with two attached hydrogens (primary N) is 1. The van der Waals surface area contributed by atoms with Crippen molar-refractivity contribution in [2.24, 2.45) is 0 Å². The molecule has 0 aromatic carbocycles. The van der Waals surface area contributed by atoms with E-state index in [1.807, 2.05) is 0 Å². The maximum Gasteiger partial charge on any atom is 0.267 e. The maximum absolute atomic E-state index is 12.3. The first-order valence-electron chi connectivity index (χ1n) is 3.37. The van der Waals surface area contributed by atoms with Crippen LogP contribution in [0.3, 0.4) is 0 Å². The summed E-state index contributed by atoms with van der Waals surface area (Å²) in [6.07, 6.45) is -2.82. The Morgan fingerprint density at radius 1 is 1.57 bits per heavy atom. The fraction of sp³-hybridized carbons (Fsp3) is 0.143. The van der Waals surface area contributed by atoms with Crippen LogP contribution in [0.5, 0.6) is 0 Å². The number of pyridine rings is 1. The second-order valence-corrected chi connectivity index (χ2v) is 3.08.